The summed E-state index contributed by atoms with van der Waals surface area (Å²) in [5, 5.41) is 1.49. The van der Waals surface area contributed by atoms with Gasteiger partial charge in [-0.15, -0.1) is 11.3 Å². The highest BCUT2D eigenvalue weighted by molar-refractivity contribution is 7.24. The summed E-state index contributed by atoms with van der Waals surface area (Å²) in [5.74, 6) is 1.64. The Kier molecular flexibility index (Phi) is 9.97. The topological polar surface area (TPSA) is 42.0 Å². The highest BCUT2D eigenvalue weighted by atomic mass is 32.1. The predicted molar refractivity (Wildman–Crippen MR) is 141 cm³/mol. The number of nitrogens with zero attached hydrogens (tertiary/aromatic N) is 2. The van der Waals surface area contributed by atoms with Crippen molar-refractivity contribution in [2.24, 2.45) is 0 Å². The van der Waals surface area contributed by atoms with Crippen LogP contribution in [-0.4, -0.2) is 62.3 Å². The molecule has 0 atom stereocenters. The summed E-state index contributed by atoms with van der Waals surface area (Å²) in [6, 6.07) is 11.6. The minimum absolute atomic E-state index is 0.0694. The van der Waals surface area contributed by atoms with E-state index >= 15 is 0 Å². The van der Waals surface area contributed by atoms with Gasteiger partial charge in [-0.2, -0.15) is 0 Å². The molecule has 3 aromatic rings. The smallest absolute Gasteiger partial charge is 0.195 e. The number of fused-ring (bicyclic) bond motifs is 2. The molecule has 0 N–H and O–H groups in total. The first-order valence-electron chi connectivity index (χ1n) is 12.3. The maximum Gasteiger partial charge on any atom is 0.195 e. The summed E-state index contributed by atoms with van der Waals surface area (Å²) < 4.78 is 13.9. The van der Waals surface area contributed by atoms with E-state index in [4.69, 9.17) is 9.47 Å². The van der Waals surface area contributed by atoms with Gasteiger partial charge >= 0.3 is 0 Å². The zero-order chi connectivity index (χ0) is 23.6. The van der Waals surface area contributed by atoms with Crippen LogP contribution in [0.1, 0.15) is 40.5 Å². The van der Waals surface area contributed by atoms with Gasteiger partial charge in [-0.1, -0.05) is 27.7 Å². The molecule has 33 heavy (non-hydrogen) atoms. The van der Waals surface area contributed by atoms with Crippen LogP contribution < -0.4 is 14.9 Å². The average Bonchev–Trinajstić information content (AvgIpc) is 2.84. The fourth-order valence-electron chi connectivity index (χ4n) is 4.03. The van der Waals surface area contributed by atoms with E-state index in [0.29, 0.717) is 13.2 Å². The lowest BCUT2D eigenvalue weighted by Crippen LogP contribution is -2.25. The standard InChI is InChI=1S/C27H38N2O3S/c1-5-28(6-2)15-9-17-31-21-11-13-23-25(19-21)33-26-20-22(12-14-24(26)27(23)30)32-18-10-16-29(7-3)8-4/h11-14,19-20H,5-10,15-18H2,1-4H3. The van der Waals surface area contributed by atoms with Crippen molar-refractivity contribution in [1.82, 2.24) is 9.80 Å². The molecule has 0 fully saturated rings. The lowest BCUT2D eigenvalue weighted by atomic mass is 10.2. The van der Waals surface area contributed by atoms with E-state index < -0.39 is 0 Å². The van der Waals surface area contributed by atoms with Crippen LogP contribution in [0.5, 0.6) is 11.5 Å². The monoisotopic (exact) mass is 470 g/mol. The summed E-state index contributed by atoms with van der Waals surface area (Å²) in [7, 11) is 0. The third kappa shape index (κ3) is 6.92. The zero-order valence-electron chi connectivity index (χ0n) is 20.6. The predicted octanol–water partition coefficient (Wildman–Crippen LogP) is 5.64. The largest absolute Gasteiger partial charge is 0.493 e. The fourth-order valence-corrected chi connectivity index (χ4v) is 5.16. The minimum atomic E-state index is 0.0694. The molecule has 0 aliphatic heterocycles. The highest BCUT2D eigenvalue weighted by Crippen LogP contribution is 2.30. The Morgan fingerprint density at radius 2 is 1.12 bits per heavy atom. The molecule has 0 saturated carbocycles. The molecule has 1 heterocycles. The van der Waals surface area contributed by atoms with Gasteiger partial charge in [-0.25, -0.2) is 0 Å². The van der Waals surface area contributed by atoms with Crippen molar-refractivity contribution < 1.29 is 9.47 Å². The van der Waals surface area contributed by atoms with Gasteiger partial charge in [0.1, 0.15) is 11.5 Å². The second-order valence-electron chi connectivity index (χ2n) is 8.20. The van der Waals surface area contributed by atoms with E-state index in [1.807, 2.05) is 36.4 Å². The van der Waals surface area contributed by atoms with Gasteiger partial charge in [-0.05, 0) is 75.4 Å². The molecule has 5 nitrogen and oxygen atoms in total. The first-order valence-corrected chi connectivity index (χ1v) is 13.1. The van der Waals surface area contributed by atoms with Crippen LogP contribution in [0.4, 0.5) is 0 Å². The SMILES string of the molecule is CCN(CC)CCCOc1ccc2c(=O)c3ccc(OCCCN(CC)CC)cc3sc2c1. The maximum absolute atomic E-state index is 13.0. The molecule has 0 spiro atoms. The first-order chi connectivity index (χ1) is 16.1. The molecule has 0 radical (unpaired) electrons. The Bertz CT molecular complexity index is 993. The van der Waals surface area contributed by atoms with Crippen LogP contribution in [-0.2, 0) is 0 Å². The quantitative estimate of drug-likeness (QED) is 0.225. The number of hydrogen-bond donors (Lipinski definition) is 0. The van der Waals surface area contributed by atoms with Crippen LogP contribution >= 0.6 is 11.3 Å². The van der Waals surface area contributed by atoms with Crippen LogP contribution in [0.3, 0.4) is 0 Å². The molecule has 6 heteroatoms. The van der Waals surface area contributed by atoms with Gasteiger partial charge in [-0.3, -0.25) is 4.79 Å². The molecule has 180 valence electrons. The van der Waals surface area contributed by atoms with Crippen LogP contribution in [0.2, 0.25) is 0 Å². The van der Waals surface area contributed by atoms with Crippen molar-refractivity contribution in [3.8, 4) is 11.5 Å². The van der Waals surface area contributed by atoms with Crippen molar-refractivity contribution in [2.45, 2.75) is 40.5 Å². The number of hydrogen-bond acceptors (Lipinski definition) is 6. The molecule has 3 rings (SSSR count). The van der Waals surface area contributed by atoms with Crippen LogP contribution in [0, 0.1) is 0 Å². The van der Waals surface area contributed by atoms with E-state index in [-0.39, 0.29) is 5.43 Å². The Balaban J connectivity index is 1.68. The average molecular weight is 471 g/mol. The molecule has 0 saturated heterocycles. The van der Waals surface area contributed by atoms with E-state index in [2.05, 4.69) is 37.5 Å². The number of rotatable bonds is 14. The van der Waals surface area contributed by atoms with E-state index in [1.54, 1.807) is 11.3 Å². The molecule has 0 bridgehead atoms. The van der Waals surface area contributed by atoms with Crippen molar-refractivity contribution in [3.05, 3.63) is 46.6 Å². The molecule has 0 amide bonds. The van der Waals surface area contributed by atoms with E-state index in [1.165, 1.54) is 0 Å². The molecule has 0 unspecified atom stereocenters. The molecule has 0 aliphatic carbocycles. The maximum atomic E-state index is 13.0. The van der Waals surface area contributed by atoms with Crippen LogP contribution in [0.15, 0.2) is 41.2 Å². The summed E-state index contributed by atoms with van der Waals surface area (Å²) in [6.45, 7) is 16.4. The third-order valence-corrected chi connectivity index (χ3v) is 7.29. The molecule has 1 aromatic heterocycles. The van der Waals surface area contributed by atoms with Gasteiger partial charge in [0.05, 0.1) is 13.2 Å². The second-order valence-corrected chi connectivity index (χ2v) is 9.29. The summed E-state index contributed by atoms with van der Waals surface area (Å²) >= 11 is 1.62. The van der Waals surface area contributed by atoms with Crippen molar-refractivity contribution in [3.63, 3.8) is 0 Å². The van der Waals surface area contributed by atoms with E-state index in [0.717, 1.165) is 83.8 Å². The molecule has 0 aliphatic rings. The van der Waals surface area contributed by atoms with Crippen molar-refractivity contribution in [2.75, 3.05) is 52.5 Å². The van der Waals surface area contributed by atoms with Crippen molar-refractivity contribution in [1.29, 1.82) is 0 Å². The van der Waals surface area contributed by atoms with Crippen LogP contribution in [0.25, 0.3) is 20.2 Å². The van der Waals surface area contributed by atoms with Gasteiger partial charge in [0, 0.05) is 33.3 Å². The second kappa shape index (κ2) is 12.9. The lowest BCUT2D eigenvalue weighted by Gasteiger charge is -2.17. The van der Waals surface area contributed by atoms with Gasteiger partial charge in [0.15, 0.2) is 5.43 Å². The summed E-state index contributed by atoms with van der Waals surface area (Å²) in [6.07, 6.45) is 1.98. The van der Waals surface area contributed by atoms with Gasteiger partial charge in [0.25, 0.3) is 0 Å². The van der Waals surface area contributed by atoms with E-state index in [9.17, 15) is 4.79 Å². The molecular formula is C27H38N2O3S. The molecule has 2 aromatic carbocycles. The first kappa shape index (κ1) is 25.5. The van der Waals surface area contributed by atoms with Gasteiger partial charge < -0.3 is 19.3 Å². The molecular weight excluding hydrogens is 432 g/mol. The normalized spacial score (nSPS) is 11.7. The zero-order valence-corrected chi connectivity index (χ0v) is 21.4. The Labute approximate surface area is 201 Å². The Morgan fingerprint density at radius 1 is 0.697 bits per heavy atom. The number of ether oxygens (including phenoxy) is 2. The Morgan fingerprint density at radius 3 is 1.52 bits per heavy atom. The summed E-state index contributed by atoms with van der Waals surface area (Å²) in [4.78, 5) is 17.8. The van der Waals surface area contributed by atoms with Gasteiger partial charge in [0.2, 0.25) is 0 Å². The lowest BCUT2D eigenvalue weighted by molar-refractivity contribution is 0.249. The minimum Gasteiger partial charge on any atom is -0.493 e. The Hall–Kier alpha value is -2.15. The highest BCUT2D eigenvalue weighted by Gasteiger charge is 2.09. The third-order valence-electron chi connectivity index (χ3n) is 6.18. The van der Waals surface area contributed by atoms with Crippen molar-refractivity contribution >= 4 is 31.5 Å². The number of benzene rings is 2. The fraction of sp³-hybridized carbons (Fsp3) is 0.519. The summed E-state index contributed by atoms with van der Waals surface area (Å²) in [5.41, 5.74) is 0.0694.